The van der Waals surface area contributed by atoms with E-state index in [1.807, 2.05) is 0 Å². The molecular weight excluding hydrogens is 428 g/mol. The maximum atomic E-state index is 12.1. The molecule has 0 heterocycles. The van der Waals surface area contributed by atoms with Gasteiger partial charge >= 0.3 is 0 Å². The van der Waals surface area contributed by atoms with E-state index in [0.717, 1.165) is 17.8 Å². The third-order valence-electron chi connectivity index (χ3n) is 4.24. The molecule has 0 spiro atoms. The largest absolute Gasteiger partial charge is 0.355 e. The molecule has 2 aromatic carbocycles. The van der Waals surface area contributed by atoms with Crippen molar-refractivity contribution in [2.24, 2.45) is 0 Å². The molecule has 0 saturated carbocycles. The molecule has 158 valence electrons. The van der Waals surface area contributed by atoms with Crippen molar-refractivity contribution in [1.82, 2.24) is 5.32 Å². The predicted molar refractivity (Wildman–Crippen MR) is 123 cm³/mol. The van der Waals surface area contributed by atoms with Gasteiger partial charge in [-0.05, 0) is 43.2 Å². The molecule has 0 aliphatic heterocycles. The minimum Gasteiger partial charge on any atom is -0.355 e. The van der Waals surface area contributed by atoms with E-state index in [1.165, 1.54) is 15.4 Å². The minimum atomic E-state index is -3.43. The molecule has 8 heteroatoms. The Morgan fingerprint density at radius 1 is 1.10 bits per heavy atom. The quantitative estimate of drug-likeness (QED) is 0.515. The number of aryl methyl sites for hydroxylation is 1. The Kier molecular flexibility index (Phi) is 9.33. The molecule has 0 aliphatic carbocycles. The van der Waals surface area contributed by atoms with E-state index < -0.39 is 10.0 Å². The second-order valence-electron chi connectivity index (χ2n) is 6.80. The molecule has 0 aliphatic rings. The maximum absolute atomic E-state index is 12.1. The van der Waals surface area contributed by atoms with Gasteiger partial charge < -0.3 is 5.32 Å². The van der Waals surface area contributed by atoms with Gasteiger partial charge in [-0.1, -0.05) is 41.4 Å². The van der Waals surface area contributed by atoms with Crippen LogP contribution in [0.4, 0.5) is 5.69 Å². The number of carbonyl (C=O) groups excluding carboxylic acids is 1. The lowest BCUT2D eigenvalue weighted by Gasteiger charge is -2.22. The lowest BCUT2D eigenvalue weighted by atomic mass is 10.2. The van der Waals surface area contributed by atoms with Crippen molar-refractivity contribution in [3.63, 3.8) is 0 Å². The molecule has 1 N–H and O–H groups in total. The topological polar surface area (TPSA) is 66.5 Å². The zero-order valence-corrected chi connectivity index (χ0v) is 19.1. The van der Waals surface area contributed by atoms with E-state index in [0.29, 0.717) is 23.7 Å². The summed E-state index contributed by atoms with van der Waals surface area (Å²) in [6, 6.07) is 15.1. The van der Waals surface area contributed by atoms with Gasteiger partial charge in [-0.3, -0.25) is 9.10 Å². The molecule has 0 bridgehead atoms. The van der Waals surface area contributed by atoms with Gasteiger partial charge in [0.05, 0.1) is 11.9 Å². The number of rotatable bonds is 11. The van der Waals surface area contributed by atoms with E-state index >= 15 is 0 Å². The summed E-state index contributed by atoms with van der Waals surface area (Å²) in [5.74, 6) is 1.69. The van der Waals surface area contributed by atoms with Gasteiger partial charge in [0.1, 0.15) is 0 Å². The van der Waals surface area contributed by atoms with Crippen LogP contribution in [0.5, 0.6) is 0 Å². The predicted octanol–water partition coefficient (Wildman–Crippen LogP) is 4.24. The van der Waals surface area contributed by atoms with Gasteiger partial charge in [0, 0.05) is 36.0 Å². The number of benzene rings is 2. The molecule has 0 aromatic heterocycles. The lowest BCUT2D eigenvalue weighted by Crippen LogP contribution is -2.32. The molecular formula is C21H27ClN2O3S2. The standard InChI is InChI=1S/C21H27ClN2O3S2/c1-17-5-7-18(8-6-17)16-28-15-13-23-21(25)4-3-14-24(29(2,26)27)20-11-9-19(22)10-12-20/h5-12H,3-4,13-16H2,1-2H3,(H,23,25). The number of hydrogen-bond acceptors (Lipinski definition) is 4. The van der Waals surface area contributed by atoms with Crippen molar-refractivity contribution in [1.29, 1.82) is 0 Å². The van der Waals surface area contributed by atoms with Crippen molar-refractivity contribution in [2.45, 2.75) is 25.5 Å². The van der Waals surface area contributed by atoms with Crippen LogP contribution in [-0.4, -0.2) is 39.4 Å². The first-order valence-electron chi connectivity index (χ1n) is 9.39. The highest BCUT2D eigenvalue weighted by molar-refractivity contribution is 7.98. The summed E-state index contributed by atoms with van der Waals surface area (Å²) in [5.41, 5.74) is 3.07. The summed E-state index contributed by atoms with van der Waals surface area (Å²) in [5, 5.41) is 3.44. The Morgan fingerprint density at radius 2 is 1.76 bits per heavy atom. The van der Waals surface area contributed by atoms with Crippen molar-refractivity contribution in [3.05, 3.63) is 64.7 Å². The molecule has 0 unspecified atom stereocenters. The second-order valence-corrected chi connectivity index (χ2v) is 10.3. The Bertz CT molecular complexity index is 885. The average Bonchev–Trinajstić information content (AvgIpc) is 2.66. The number of anilines is 1. The van der Waals surface area contributed by atoms with Crippen LogP contribution in [0, 0.1) is 6.92 Å². The van der Waals surface area contributed by atoms with Crippen molar-refractivity contribution in [3.8, 4) is 0 Å². The van der Waals surface area contributed by atoms with E-state index in [4.69, 9.17) is 11.6 Å². The van der Waals surface area contributed by atoms with Crippen LogP contribution < -0.4 is 9.62 Å². The summed E-state index contributed by atoms with van der Waals surface area (Å²) in [6.45, 7) is 2.91. The highest BCUT2D eigenvalue weighted by Gasteiger charge is 2.17. The average molecular weight is 455 g/mol. The molecule has 2 aromatic rings. The van der Waals surface area contributed by atoms with Crippen LogP contribution in [0.25, 0.3) is 0 Å². The van der Waals surface area contributed by atoms with Crippen molar-refractivity contribution < 1.29 is 13.2 Å². The molecule has 29 heavy (non-hydrogen) atoms. The van der Waals surface area contributed by atoms with E-state index in [-0.39, 0.29) is 18.9 Å². The van der Waals surface area contributed by atoms with E-state index in [9.17, 15) is 13.2 Å². The van der Waals surface area contributed by atoms with Gasteiger partial charge in [-0.2, -0.15) is 11.8 Å². The van der Waals surface area contributed by atoms with Crippen LogP contribution in [0.3, 0.4) is 0 Å². The van der Waals surface area contributed by atoms with Gasteiger partial charge in [-0.15, -0.1) is 0 Å². The van der Waals surface area contributed by atoms with Gasteiger partial charge in [0.2, 0.25) is 15.9 Å². The Morgan fingerprint density at radius 3 is 2.38 bits per heavy atom. The first kappa shape index (κ1) is 23.6. The highest BCUT2D eigenvalue weighted by Crippen LogP contribution is 2.21. The molecule has 0 fully saturated rings. The fourth-order valence-electron chi connectivity index (χ4n) is 2.70. The van der Waals surface area contributed by atoms with Crippen LogP contribution in [-0.2, 0) is 20.6 Å². The summed E-state index contributed by atoms with van der Waals surface area (Å²) in [4.78, 5) is 12.0. The SMILES string of the molecule is Cc1ccc(CSCCNC(=O)CCCN(c2ccc(Cl)cc2)S(C)(=O)=O)cc1. The first-order valence-corrected chi connectivity index (χ1v) is 12.8. The summed E-state index contributed by atoms with van der Waals surface area (Å²) in [6.07, 6.45) is 1.88. The zero-order chi connectivity index (χ0) is 21.3. The maximum Gasteiger partial charge on any atom is 0.232 e. The van der Waals surface area contributed by atoms with Crippen LogP contribution in [0.15, 0.2) is 48.5 Å². The lowest BCUT2D eigenvalue weighted by molar-refractivity contribution is -0.121. The van der Waals surface area contributed by atoms with E-state index in [2.05, 4.69) is 36.5 Å². The van der Waals surface area contributed by atoms with Gasteiger partial charge in [0.15, 0.2) is 0 Å². The molecule has 2 rings (SSSR count). The first-order chi connectivity index (χ1) is 13.8. The van der Waals surface area contributed by atoms with Crippen LogP contribution >= 0.6 is 23.4 Å². The molecule has 1 amide bonds. The van der Waals surface area contributed by atoms with Gasteiger partial charge in [0.25, 0.3) is 0 Å². The van der Waals surface area contributed by atoms with Gasteiger partial charge in [-0.25, -0.2) is 8.42 Å². The number of amides is 1. The summed E-state index contributed by atoms with van der Waals surface area (Å²) in [7, 11) is -3.43. The number of hydrogen-bond donors (Lipinski definition) is 1. The smallest absolute Gasteiger partial charge is 0.232 e. The number of sulfonamides is 1. The Balaban J connectivity index is 1.68. The monoisotopic (exact) mass is 454 g/mol. The minimum absolute atomic E-state index is 0.0644. The summed E-state index contributed by atoms with van der Waals surface area (Å²) < 4.78 is 25.4. The van der Waals surface area contributed by atoms with Crippen molar-refractivity contribution >= 4 is 45.0 Å². The highest BCUT2D eigenvalue weighted by atomic mass is 35.5. The number of carbonyl (C=O) groups is 1. The molecule has 0 radical (unpaired) electrons. The van der Waals surface area contributed by atoms with E-state index in [1.54, 1.807) is 36.0 Å². The Labute approximate surface area is 182 Å². The fourth-order valence-corrected chi connectivity index (χ4v) is 4.61. The number of nitrogens with one attached hydrogen (secondary N) is 1. The number of thioether (sulfide) groups is 1. The normalized spacial score (nSPS) is 11.3. The van der Waals surface area contributed by atoms with Crippen LogP contribution in [0.2, 0.25) is 5.02 Å². The fraction of sp³-hybridized carbons (Fsp3) is 0.381. The van der Waals surface area contributed by atoms with Crippen LogP contribution in [0.1, 0.15) is 24.0 Å². The zero-order valence-electron chi connectivity index (χ0n) is 16.7. The number of halogens is 1. The Hall–Kier alpha value is -1.70. The third kappa shape index (κ3) is 8.68. The van der Waals surface area contributed by atoms with Crippen molar-refractivity contribution in [2.75, 3.05) is 29.4 Å². The molecule has 0 saturated heterocycles. The molecule has 5 nitrogen and oxygen atoms in total. The number of nitrogens with zero attached hydrogens (tertiary/aromatic N) is 1. The summed E-state index contributed by atoms with van der Waals surface area (Å²) >= 11 is 7.64. The third-order valence-corrected chi connectivity index (χ3v) is 6.71. The second kappa shape index (κ2) is 11.5. The molecule has 0 atom stereocenters.